The van der Waals surface area contributed by atoms with Gasteiger partial charge in [0.05, 0.1) is 18.1 Å². The smallest absolute Gasteiger partial charge is 0.255 e. The van der Waals surface area contributed by atoms with Gasteiger partial charge in [-0.15, -0.1) is 0 Å². The third-order valence-corrected chi connectivity index (χ3v) is 1.81. The van der Waals surface area contributed by atoms with E-state index in [0.717, 1.165) is 0 Å². The SMILES string of the molecule is CN(CCC#N)C(=O)c1cccnc1. The van der Waals surface area contributed by atoms with Crippen molar-refractivity contribution >= 4 is 5.91 Å². The average Bonchev–Trinajstić information content (AvgIpc) is 2.26. The van der Waals surface area contributed by atoms with E-state index in [1.54, 1.807) is 25.4 Å². The van der Waals surface area contributed by atoms with Gasteiger partial charge in [-0.3, -0.25) is 9.78 Å². The van der Waals surface area contributed by atoms with E-state index in [-0.39, 0.29) is 5.91 Å². The number of rotatable bonds is 3. The lowest BCUT2D eigenvalue weighted by Gasteiger charge is -2.14. The third-order valence-electron chi connectivity index (χ3n) is 1.81. The van der Waals surface area contributed by atoms with Crippen molar-refractivity contribution in [2.75, 3.05) is 13.6 Å². The van der Waals surface area contributed by atoms with Gasteiger partial charge in [0.25, 0.3) is 5.91 Å². The van der Waals surface area contributed by atoms with Crippen LogP contribution in [-0.4, -0.2) is 29.4 Å². The van der Waals surface area contributed by atoms with E-state index in [9.17, 15) is 4.79 Å². The zero-order valence-electron chi connectivity index (χ0n) is 7.97. The molecule has 0 bridgehead atoms. The van der Waals surface area contributed by atoms with Crippen molar-refractivity contribution in [3.63, 3.8) is 0 Å². The van der Waals surface area contributed by atoms with E-state index in [4.69, 9.17) is 5.26 Å². The number of nitrogens with zero attached hydrogens (tertiary/aromatic N) is 3. The molecular formula is C10H11N3O. The summed E-state index contributed by atoms with van der Waals surface area (Å²) in [5, 5.41) is 8.37. The van der Waals surface area contributed by atoms with Crippen LogP contribution in [0.25, 0.3) is 0 Å². The number of hydrogen-bond acceptors (Lipinski definition) is 3. The molecule has 1 aromatic heterocycles. The number of amides is 1. The highest BCUT2D eigenvalue weighted by Crippen LogP contribution is 2.01. The molecule has 0 fully saturated rings. The van der Waals surface area contributed by atoms with Crippen LogP contribution in [0.15, 0.2) is 24.5 Å². The van der Waals surface area contributed by atoms with Crippen molar-refractivity contribution in [3.05, 3.63) is 30.1 Å². The molecule has 0 aliphatic carbocycles. The Balaban J connectivity index is 2.63. The number of carbonyl (C=O) groups excluding carboxylic acids is 1. The lowest BCUT2D eigenvalue weighted by Crippen LogP contribution is -2.27. The van der Waals surface area contributed by atoms with Gasteiger partial charge >= 0.3 is 0 Å². The summed E-state index contributed by atoms with van der Waals surface area (Å²) in [6, 6.07) is 5.42. The van der Waals surface area contributed by atoms with Crippen LogP contribution in [0.5, 0.6) is 0 Å². The Hall–Kier alpha value is -1.89. The minimum Gasteiger partial charge on any atom is -0.341 e. The Morgan fingerprint density at radius 3 is 3.07 bits per heavy atom. The Labute approximate surface area is 82.8 Å². The fourth-order valence-corrected chi connectivity index (χ4v) is 1.03. The van der Waals surface area contributed by atoms with Gasteiger partial charge in [0.2, 0.25) is 0 Å². The predicted molar refractivity (Wildman–Crippen MR) is 51.4 cm³/mol. The molecule has 0 radical (unpaired) electrons. The standard InChI is InChI=1S/C10H11N3O/c1-13(7-3-5-11)10(14)9-4-2-6-12-8-9/h2,4,6,8H,3,7H2,1H3. The maximum absolute atomic E-state index is 11.6. The molecule has 0 N–H and O–H groups in total. The van der Waals surface area contributed by atoms with Crippen LogP contribution in [-0.2, 0) is 0 Å². The van der Waals surface area contributed by atoms with Gasteiger partial charge in [-0.1, -0.05) is 0 Å². The van der Waals surface area contributed by atoms with Gasteiger partial charge < -0.3 is 4.90 Å². The summed E-state index contributed by atoms with van der Waals surface area (Å²) in [5.74, 6) is -0.103. The minimum absolute atomic E-state index is 0.103. The van der Waals surface area contributed by atoms with E-state index >= 15 is 0 Å². The summed E-state index contributed by atoms with van der Waals surface area (Å²) >= 11 is 0. The third kappa shape index (κ3) is 2.56. The Morgan fingerprint density at radius 1 is 1.71 bits per heavy atom. The van der Waals surface area contributed by atoms with Gasteiger partial charge in [0.1, 0.15) is 0 Å². The molecule has 14 heavy (non-hydrogen) atoms. The van der Waals surface area contributed by atoms with E-state index in [0.29, 0.717) is 18.5 Å². The molecule has 0 aliphatic rings. The Kier molecular flexibility index (Phi) is 3.62. The first-order chi connectivity index (χ1) is 6.75. The summed E-state index contributed by atoms with van der Waals surface area (Å²) in [7, 11) is 1.67. The summed E-state index contributed by atoms with van der Waals surface area (Å²) < 4.78 is 0. The lowest BCUT2D eigenvalue weighted by molar-refractivity contribution is 0.0797. The number of hydrogen-bond donors (Lipinski definition) is 0. The molecule has 0 saturated heterocycles. The summed E-state index contributed by atoms with van der Waals surface area (Å²) in [6.45, 7) is 0.449. The van der Waals surface area contributed by atoms with Crippen LogP contribution in [0.4, 0.5) is 0 Å². The fourth-order valence-electron chi connectivity index (χ4n) is 1.03. The molecular weight excluding hydrogens is 178 g/mol. The lowest BCUT2D eigenvalue weighted by atomic mass is 10.2. The van der Waals surface area contributed by atoms with Crippen LogP contribution in [0.2, 0.25) is 0 Å². The molecule has 1 amide bonds. The molecule has 1 heterocycles. The normalized spacial score (nSPS) is 9.14. The summed E-state index contributed by atoms with van der Waals surface area (Å²) in [5.41, 5.74) is 0.549. The summed E-state index contributed by atoms with van der Waals surface area (Å²) in [4.78, 5) is 17.0. The van der Waals surface area contributed by atoms with Crippen molar-refractivity contribution in [3.8, 4) is 6.07 Å². The number of nitriles is 1. The van der Waals surface area contributed by atoms with Gasteiger partial charge in [-0.25, -0.2) is 0 Å². The average molecular weight is 189 g/mol. The zero-order valence-corrected chi connectivity index (χ0v) is 7.97. The summed E-state index contributed by atoms with van der Waals surface area (Å²) in [6.07, 6.45) is 3.49. The fraction of sp³-hybridized carbons (Fsp3) is 0.300. The van der Waals surface area contributed by atoms with Crippen LogP contribution < -0.4 is 0 Å². The second-order valence-electron chi connectivity index (χ2n) is 2.88. The van der Waals surface area contributed by atoms with Crippen molar-refractivity contribution < 1.29 is 4.79 Å². The minimum atomic E-state index is -0.103. The second kappa shape index (κ2) is 4.97. The number of pyridine rings is 1. The molecule has 0 aromatic carbocycles. The molecule has 0 spiro atoms. The first-order valence-electron chi connectivity index (χ1n) is 4.28. The molecule has 0 unspecified atom stereocenters. The van der Waals surface area contributed by atoms with Crippen LogP contribution in [0.3, 0.4) is 0 Å². The number of aromatic nitrogens is 1. The molecule has 4 heteroatoms. The molecule has 0 aliphatic heterocycles. The molecule has 4 nitrogen and oxygen atoms in total. The first kappa shape index (κ1) is 10.2. The predicted octanol–water partition coefficient (Wildman–Crippen LogP) is 1.07. The van der Waals surface area contributed by atoms with Gasteiger partial charge in [0, 0.05) is 26.0 Å². The van der Waals surface area contributed by atoms with Crippen LogP contribution in [0.1, 0.15) is 16.8 Å². The van der Waals surface area contributed by atoms with Crippen molar-refractivity contribution in [1.29, 1.82) is 5.26 Å². The molecule has 0 saturated carbocycles. The molecule has 72 valence electrons. The quantitative estimate of drug-likeness (QED) is 0.714. The maximum atomic E-state index is 11.6. The second-order valence-corrected chi connectivity index (χ2v) is 2.88. The zero-order chi connectivity index (χ0) is 10.4. The Bertz CT molecular complexity index is 342. The largest absolute Gasteiger partial charge is 0.341 e. The van der Waals surface area contributed by atoms with E-state index in [1.807, 2.05) is 6.07 Å². The molecule has 1 aromatic rings. The Morgan fingerprint density at radius 2 is 2.50 bits per heavy atom. The van der Waals surface area contributed by atoms with Crippen LogP contribution >= 0.6 is 0 Å². The van der Waals surface area contributed by atoms with Crippen LogP contribution in [0, 0.1) is 11.3 Å². The molecule has 0 atom stereocenters. The molecule has 1 rings (SSSR count). The first-order valence-corrected chi connectivity index (χ1v) is 4.28. The monoisotopic (exact) mass is 189 g/mol. The van der Waals surface area contributed by atoms with E-state index in [2.05, 4.69) is 4.98 Å². The van der Waals surface area contributed by atoms with Gasteiger partial charge in [-0.2, -0.15) is 5.26 Å². The van der Waals surface area contributed by atoms with Crippen molar-refractivity contribution in [2.24, 2.45) is 0 Å². The number of carbonyl (C=O) groups is 1. The van der Waals surface area contributed by atoms with Crippen molar-refractivity contribution in [2.45, 2.75) is 6.42 Å². The van der Waals surface area contributed by atoms with Crippen molar-refractivity contribution in [1.82, 2.24) is 9.88 Å². The van der Waals surface area contributed by atoms with E-state index in [1.165, 1.54) is 11.1 Å². The van der Waals surface area contributed by atoms with Gasteiger partial charge in [-0.05, 0) is 12.1 Å². The van der Waals surface area contributed by atoms with E-state index < -0.39 is 0 Å². The highest BCUT2D eigenvalue weighted by atomic mass is 16.2. The maximum Gasteiger partial charge on any atom is 0.255 e. The highest BCUT2D eigenvalue weighted by molar-refractivity contribution is 5.93. The van der Waals surface area contributed by atoms with Gasteiger partial charge in [0.15, 0.2) is 0 Å². The topological polar surface area (TPSA) is 57.0 Å². The highest BCUT2D eigenvalue weighted by Gasteiger charge is 2.10.